The van der Waals surface area contributed by atoms with E-state index in [0.717, 1.165) is 48.7 Å². The van der Waals surface area contributed by atoms with Crippen molar-refractivity contribution in [1.29, 1.82) is 0 Å². The molecule has 1 aromatic carbocycles. The molecular weight excluding hydrogens is 318 g/mol. The molecule has 1 saturated heterocycles. The molecule has 1 amide bonds. The smallest absolute Gasteiger partial charge is 0.263 e. The van der Waals surface area contributed by atoms with Crippen molar-refractivity contribution in [1.82, 2.24) is 14.5 Å². The molecule has 0 atom stereocenters. The molecule has 0 unspecified atom stereocenters. The van der Waals surface area contributed by atoms with Gasteiger partial charge in [-0.05, 0) is 49.3 Å². The quantitative estimate of drug-likeness (QED) is 0.724. The van der Waals surface area contributed by atoms with Crippen LogP contribution in [0.4, 0.5) is 0 Å². The molecule has 2 aromatic heterocycles. The van der Waals surface area contributed by atoms with Crippen LogP contribution in [0.25, 0.3) is 11.0 Å². The number of nitrogens with zero attached hydrogens (tertiary/aromatic N) is 3. The number of piperidine rings is 1. The van der Waals surface area contributed by atoms with Gasteiger partial charge in [-0.15, -0.1) is 11.3 Å². The third-order valence-corrected chi connectivity index (χ3v) is 5.78. The first-order valence-corrected chi connectivity index (χ1v) is 9.35. The van der Waals surface area contributed by atoms with Crippen LogP contribution in [0.15, 0.2) is 41.8 Å². The molecule has 3 aromatic rings. The molecule has 0 radical (unpaired) electrons. The predicted molar refractivity (Wildman–Crippen MR) is 97.4 cm³/mol. The van der Waals surface area contributed by atoms with Crippen LogP contribution in [0.2, 0.25) is 0 Å². The number of amides is 1. The van der Waals surface area contributed by atoms with E-state index in [0.29, 0.717) is 5.92 Å². The van der Waals surface area contributed by atoms with Gasteiger partial charge in [-0.25, -0.2) is 4.98 Å². The Morgan fingerprint density at radius 2 is 2.00 bits per heavy atom. The zero-order chi connectivity index (χ0) is 16.5. The number of hydrogen-bond acceptors (Lipinski definition) is 3. The summed E-state index contributed by atoms with van der Waals surface area (Å²) in [5.74, 6) is 1.87. The second kappa shape index (κ2) is 6.40. The highest BCUT2D eigenvalue weighted by molar-refractivity contribution is 7.12. The monoisotopic (exact) mass is 339 g/mol. The molecule has 3 heterocycles. The van der Waals surface area contributed by atoms with Crippen LogP contribution in [0.1, 0.15) is 28.3 Å². The summed E-state index contributed by atoms with van der Waals surface area (Å²) in [6, 6.07) is 12.2. The molecule has 0 saturated carbocycles. The Kier molecular flexibility index (Phi) is 4.10. The van der Waals surface area contributed by atoms with Gasteiger partial charge in [-0.3, -0.25) is 4.79 Å². The van der Waals surface area contributed by atoms with Gasteiger partial charge in [-0.2, -0.15) is 0 Å². The lowest BCUT2D eigenvalue weighted by molar-refractivity contribution is 0.0688. The molecule has 4 rings (SSSR count). The number of hydrogen-bond donors (Lipinski definition) is 0. The summed E-state index contributed by atoms with van der Waals surface area (Å²) in [7, 11) is 0. The summed E-state index contributed by atoms with van der Waals surface area (Å²) in [6.45, 7) is 4.78. The Balaban J connectivity index is 1.43. The number of benzene rings is 1. The predicted octanol–water partition coefficient (Wildman–Crippen LogP) is 3.96. The van der Waals surface area contributed by atoms with Crippen molar-refractivity contribution in [2.75, 3.05) is 13.1 Å². The van der Waals surface area contributed by atoms with Gasteiger partial charge in [0, 0.05) is 19.6 Å². The van der Waals surface area contributed by atoms with E-state index in [4.69, 9.17) is 0 Å². The standard InChI is InChI=1S/C19H21N3OS/c1-14-20-16-5-2-3-6-17(16)22(14)13-15-8-10-21(11-9-15)19(23)18-7-4-12-24-18/h2-7,12,15H,8-11,13H2,1H3. The van der Waals surface area contributed by atoms with E-state index >= 15 is 0 Å². The van der Waals surface area contributed by atoms with E-state index in [2.05, 4.69) is 34.7 Å². The Hall–Kier alpha value is -2.14. The van der Waals surface area contributed by atoms with Gasteiger partial charge in [0.05, 0.1) is 15.9 Å². The highest BCUT2D eigenvalue weighted by Crippen LogP contribution is 2.24. The fraction of sp³-hybridized carbons (Fsp3) is 0.368. The molecule has 1 aliphatic heterocycles. The molecule has 1 fully saturated rings. The minimum atomic E-state index is 0.188. The first-order chi connectivity index (χ1) is 11.7. The van der Waals surface area contributed by atoms with Crippen molar-refractivity contribution in [2.24, 2.45) is 5.92 Å². The molecule has 1 aliphatic rings. The number of para-hydroxylation sites is 2. The fourth-order valence-corrected chi connectivity index (χ4v) is 4.25. The zero-order valence-electron chi connectivity index (χ0n) is 13.8. The van der Waals surface area contributed by atoms with E-state index in [9.17, 15) is 4.79 Å². The maximum atomic E-state index is 12.4. The second-order valence-electron chi connectivity index (χ2n) is 6.47. The third kappa shape index (κ3) is 2.84. The number of rotatable bonds is 3. The molecule has 124 valence electrons. The number of carbonyl (C=O) groups is 1. The number of fused-ring (bicyclic) bond motifs is 1. The number of aromatic nitrogens is 2. The lowest BCUT2D eigenvalue weighted by Gasteiger charge is -2.32. The Morgan fingerprint density at radius 3 is 2.75 bits per heavy atom. The molecule has 0 N–H and O–H groups in total. The van der Waals surface area contributed by atoms with Crippen LogP contribution in [-0.4, -0.2) is 33.4 Å². The van der Waals surface area contributed by atoms with Crippen molar-refractivity contribution < 1.29 is 4.79 Å². The van der Waals surface area contributed by atoms with Crippen molar-refractivity contribution in [3.63, 3.8) is 0 Å². The van der Waals surface area contributed by atoms with Crippen molar-refractivity contribution in [3.8, 4) is 0 Å². The first kappa shape index (κ1) is 15.4. The minimum absolute atomic E-state index is 0.188. The number of aryl methyl sites for hydroxylation is 1. The van der Waals surface area contributed by atoms with E-state index in [1.807, 2.05) is 28.5 Å². The number of carbonyl (C=O) groups excluding carboxylic acids is 1. The number of thiophene rings is 1. The van der Waals surface area contributed by atoms with Crippen LogP contribution >= 0.6 is 11.3 Å². The van der Waals surface area contributed by atoms with E-state index in [1.165, 1.54) is 16.9 Å². The SMILES string of the molecule is Cc1nc2ccccc2n1CC1CCN(C(=O)c2cccs2)CC1. The van der Waals surface area contributed by atoms with Gasteiger partial charge in [-0.1, -0.05) is 18.2 Å². The Morgan fingerprint density at radius 1 is 1.21 bits per heavy atom. The average Bonchev–Trinajstić information content (AvgIpc) is 3.24. The molecule has 24 heavy (non-hydrogen) atoms. The van der Waals surface area contributed by atoms with Gasteiger partial charge in [0.1, 0.15) is 5.82 Å². The summed E-state index contributed by atoms with van der Waals surface area (Å²) in [4.78, 5) is 19.9. The van der Waals surface area contributed by atoms with Gasteiger partial charge in [0.25, 0.3) is 5.91 Å². The Labute approximate surface area is 145 Å². The van der Waals surface area contributed by atoms with Crippen LogP contribution in [0.3, 0.4) is 0 Å². The summed E-state index contributed by atoms with van der Waals surface area (Å²) in [5, 5.41) is 1.97. The lowest BCUT2D eigenvalue weighted by atomic mass is 9.96. The largest absolute Gasteiger partial charge is 0.338 e. The maximum absolute atomic E-state index is 12.4. The van der Waals surface area contributed by atoms with E-state index in [1.54, 1.807) is 0 Å². The summed E-state index contributed by atoms with van der Waals surface area (Å²) >= 11 is 1.53. The van der Waals surface area contributed by atoms with Crippen molar-refractivity contribution >= 4 is 28.3 Å². The van der Waals surface area contributed by atoms with Gasteiger partial charge >= 0.3 is 0 Å². The molecule has 4 nitrogen and oxygen atoms in total. The average molecular weight is 339 g/mol. The Bertz CT molecular complexity index is 845. The summed E-state index contributed by atoms with van der Waals surface area (Å²) in [6.07, 6.45) is 2.12. The minimum Gasteiger partial charge on any atom is -0.338 e. The van der Waals surface area contributed by atoms with Gasteiger partial charge in [0.2, 0.25) is 0 Å². The molecule has 5 heteroatoms. The zero-order valence-corrected chi connectivity index (χ0v) is 14.6. The van der Waals surface area contributed by atoms with Gasteiger partial charge in [0.15, 0.2) is 0 Å². The normalized spacial score (nSPS) is 16.0. The third-order valence-electron chi connectivity index (χ3n) is 4.92. The lowest BCUT2D eigenvalue weighted by Crippen LogP contribution is -2.39. The first-order valence-electron chi connectivity index (χ1n) is 8.47. The highest BCUT2D eigenvalue weighted by atomic mass is 32.1. The molecule has 0 spiro atoms. The maximum Gasteiger partial charge on any atom is 0.263 e. The van der Waals surface area contributed by atoms with Crippen LogP contribution in [0, 0.1) is 12.8 Å². The summed E-state index contributed by atoms with van der Waals surface area (Å²) in [5.41, 5.74) is 2.28. The topological polar surface area (TPSA) is 38.1 Å². The molecule has 0 aliphatic carbocycles. The second-order valence-corrected chi connectivity index (χ2v) is 7.42. The number of imidazole rings is 1. The fourth-order valence-electron chi connectivity index (χ4n) is 3.56. The van der Waals surface area contributed by atoms with E-state index < -0.39 is 0 Å². The summed E-state index contributed by atoms with van der Waals surface area (Å²) < 4.78 is 2.33. The van der Waals surface area contributed by atoms with Crippen LogP contribution in [0.5, 0.6) is 0 Å². The van der Waals surface area contributed by atoms with Gasteiger partial charge < -0.3 is 9.47 Å². The van der Waals surface area contributed by atoms with Crippen LogP contribution in [-0.2, 0) is 6.54 Å². The van der Waals surface area contributed by atoms with Crippen LogP contribution < -0.4 is 0 Å². The molecule has 0 bridgehead atoms. The van der Waals surface area contributed by atoms with Crippen molar-refractivity contribution in [2.45, 2.75) is 26.3 Å². The number of likely N-dealkylation sites (tertiary alicyclic amines) is 1. The van der Waals surface area contributed by atoms with Crippen molar-refractivity contribution in [3.05, 3.63) is 52.5 Å². The molecular formula is C19H21N3OS. The van der Waals surface area contributed by atoms with E-state index in [-0.39, 0.29) is 5.91 Å². The highest BCUT2D eigenvalue weighted by Gasteiger charge is 2.25.